The topological polar surface area (TPSA) is 29.5 Å². The van der Waals surface area contributed by atoms with Gasteiger partial charge in [-0.05, 0) is 24.6 Å². The van der Waals surface area contributed by atoms with Gasteiger partial charge in [0.2, 0.25) is 0 Å². The van der Waals surface area contributed by atoms with Gasteiger partial charge in [-0.15, -0.1) is 0 Å². The minimum atomic E-state index is -0.0462. The molecule has 3 nitrogen and oxygen atoms in total. The average Bonchev–Trinajstić information content (AvgIpc) is 2.50. The van der Waals surface area contributed by atoms with E-state index in [0.29, 0.717) is 0 Å². The lowest BCUT2D eigenvalue weighted by molar-refractivity contribution is -0.122. The Labute approximate surface area is 119 Å². The molecule has 0 bridgehead atoms. The maximum atomic E-state index is 12.4. The number of carbonyl (C=O) groups is 1. The third kappa shape index (κ3) is 3.25. The number of anilines is 1. The lowest BCUT2D eigenvalue weighted by Gasteiger charge is -2.29. The molecule has 0 aliphatic rings. The highest BCUT2D eigenvalue weighted by Crippen LogP contribution is 2.26. The van der Waals surface area contributed by atoms with E-state index in [2.05, 4.69) is 0 Å². The van der Waals surface area contributed by atoms with Crippen LogP contribution in [0, 0.1) is 0 Å². The first-order valence-corrected chi connectivity index (χ1v) is 6.65. The maximum absolute atomic E-state index is 12.4. The quantitative estimate of drug-likeness (QED) is 0.832. The van der Waals surface area contributed by atoms with Gasteiger partial charge in [0.1, 0.15) is 6.61 Å². The number of amides is 1. The van der Waals surface area contributed by atoms with Crippen LogP contribution in [0.1, 0.15) is 18.5 Å². The van der Waals surface area contributed by atoms with Gasteiger partial charge in [0.15, 0.2) is 0 Å². The van der Waals surface area contributed by atoms with Crippen LogP contribution in [0.5, 0.6) is 0 Å². The molecule has 0 aliphatic heterocycles. The number of hydrogen-bond donors (Lipinski definition) is 0. The molecule has 0 fully saturated rings. The zero-order chi connectivity index (χ0) is 14.4. The van der Waals surface area contributed by atoms with E-state index < -0.39 is 0 Å². The van der Waals surface area contributed by atoms with Crippen molar-refractivity contribution in [2.45, 2.75) is 13.0 Å². The molecule has 1 atom stereocenters. The van der Waals surface area contributed by atoms with Gasteiger partial charge in [0, 0.05) is 12.8 Å². The van der Waals surface area contributed by atoms with E-state index in [1.807, 2.05) is 67.6 Å². The summed E-state index contributed by atoms with van der Waals surface area (Å²) in [5.41, 5.74) is 1.98. The van der Waals surface area contributed by atoms with Gasteiger partial charge >= 0.3 is 0 Å². The van der Waals surface area contributed by atoms with E-state index in [9.17, 15) is 4.79 Å². The number of carbonyl (C=O) groups excluding carboxylic acids is 1. The number of nitrogens with zero attached hydrogens (tertiary/aromatic N) is 1. The summed E-state index contributed by atoms with van der Waals surface area (Å²) in [5, 5.41) is 0. The van der Waals surface area contributed by atoms with E-state index in [0.717, 1.165) is 11.3 Å². The van der Waals surface area contributed by atoms with Crippen molar-refractivity contribution in [2.75, 3.05) is 18.6 Å². The third-order valence-electron chi connectivity index (χ3n) is 3.24. The Morgan fingerprint density at radius 3 is 2.15 bits per heavy atom. The molecular formula is C17H19NO2. The van der Waals surface area contributed by atoms with Gasteiger partial charge in [-0.25, -0.2) is 0 Å². The normalized spacial score (nSPS) is 11.9. The summed E-state index contributed by atoms with van der Waals surface area (Å²) in [5.74, 6) is -0.0462. The second kappa shape index (κ2) is 6.87. The van der Waals surface area contributed by atoms with Crippen LogP contribution in [0.3, 0.4) is 0 Å². The Kier molecular flexibility index (Phi) is 4.91. The molecular weight excluding hydrogens is 250 g/mol. The fraction of sp³-hybridized carbons (Fsp3) is 0.235. The molecule has 0 aliphatic carbocycles. The first-order chi connectivity index (χ1) is 9.74. The molecule has 2 rings (SSSR count). The lowest BCUT2D eigenvalue weighted by atomic mass is 10.1. The SMILES string of the molecule is COCC(=O)N(c1ccccc1)C(C)c1ccccc1. The fourth-order valence-corrected chi connectivity index (χ4v) is 2.25. The van der Waals surface area contributed by atoms with E-state index >= 15 is 0 Å². The second-order valence-corrected chi connectivity index (χ2v) is 4.62. The molecule has 0 saturated carbocycles. The smallest absolute Gasteiger partial charge is 0.253 e. The Balaban J connectivity index is 2.34. The molecule has 1 amide bonds. The van der Waals surface area contributed by atoms with E-state index in [1.165, 1.54) is 7.11 Å². The van der Waals surface area contributed by atoms with Crippen LogP contribution in [0.4, 0.5) is 5.69 Å². The molecule has 2 aromatic carbocycles. The van der Waals surface area contributed by atoms with Crippen molar-refractivity contribution in [2.24, 2.45) is 0 Å². The molecule has 0 saturated heterocycles. The summed E-state index contributed by atoms with van der Waals surface area (Å²) in [6, 6.07) is 19.6. The second-order valence-electron chi connectivity index (χ2n) is 4.62. The number of rotatable bonds is 5. The van der Waals surface area contributed by atoms with Gasteiger partial charge in [-0.2, -0.15) is 0 Å². The van der Waals surface area contributed by atoms with Crippen molar-refractivity contribution >= 4 is 11.6 Å². The summed E-state index contributed by atoms with van der Waals surface area (Å²) in [6.07, 6.45) is 0. The third-order valence-corrected chi connectivity index (χ3v) is 3.24. The van der Waals surface area contributed by atoms with Crippen LogP contribution in [0.25, 0.3) is 0 Å². The van der Waals surface area contributed by atoms with Crippen molar-refractivity contribution in [1.82, 2.24) is 0 Å². The monoisotopic (exact) mass is 269 g/mol. The van der Waals surface area contributed by atoms with Crippen molar-refractivity contribution in [1.29, 1.82) is 0 Å². The minimum absolute atomic E-state index is 0.0405. The van der Waals surface area contributed by atoms with Crippen molar-refractivity contribution < 1.29 is 9.53 Å². The van der Waals surface area contributed by atoms with Crippen LogP contribution in [-0.2, 0) is 9.53 Å². The molecule has 2 aromatic rings. The number of para-hydroxylation sites is 1. The Bertz CT molecular complexity index is 539. The number of hydrogen-bond acceptors (Lipinski definition) is 2. The van der Waals surface area contributed by atoms with Gasteiger partial charge < -0.3 is 9.64 Å². The van der Waals surface area contributed by atoms with E-state index in [1.54, 1.807) is 4.90 Å². The fourth-order valence-electron chi connectivity index (χ4n) is 2.25. The highest BCUT2D eigenvalue weighted by molar-refractivity contribution is 5.95. The molecule has 3 heteroatoms. The first-order valence-electron chi connectivity index (χ1n) is 6.65. The minimum Gasteiger partial charge on any atom is -0.375 e. The summed E-state index contributed by atoms with van der Waals surface area (Å²) in [4.78, 5) is 14.1. The van der Waals surface area contributed by atoms with Crippen molar-refractivity contribution in [3.05, 3.63) is 66.2 Å². The molecule has 0 spiro atoms. The number of benzene rings is 2. The van der Waals surface area contributed by atoms with Crippen molar-refractivity contribution in [3.63, 3.8) is 0 Å². The highest BCUT2D eigenvalue weighted by Gasteiger charge is 2.22. The van der Waals surface area contributed by atoms with Gasteiger partial charge in [-0.1, -0.05) is 48.5 Å². The lowest BCUT2D eigenvalue weighted by Crippen LogP contribution is -2.36. The zero-order valence-electron chi connectivity index (χ0n) is 11.8. The standard InChI is InChI=1S/C17H19NO2/c1-14(15-9-5-3-6-10-15)18(17(19)13-20-2)16-11-7-4-8-12-16/h3-12,14H,13H2,1-2H3. The average molecular weight is 269 g/mol. The Morgan fingerprint density at radius 1 is 1.05 bits per heavy atom. The van der Waals surface area contributed by atoms with Crippen LogP contribution < -0.4 is 4.90 Å². The maximum Gasteiger partial charge on any atom is 0.253 e. The zero-order valence-corrected chi connectivity index (χ0v) is 11.8. The van der Waals surface area contributed by atoms with Gasteiger partial charge in [0.25, 0.3) is 5.91 Å². The summed E-state index contributed by atoms with van der Waals surface area (Å²) in [6.45, 7) is 2.10. The van der Waals surface area contributed by atoms with Gasteiger partial charge in [-0.3, -0.25) is 4.79 Å². The largest absolute Gasteiger partial charge is 0.375 e. The molecule has 0 radical (unpaired) electrons. The first kappa shape index (κ1) is 14.3. The Hall–Kier alpha value is -2.13. The molecule has 20 heavy (non-hydrogen) atoms. The molecule has 1 unspecified atom stereocenters. The molecule has 0 heterocycles. The van der Waals surface area contributed by atoms with Crippen LogP contribution in [-0.4, -0.2) is 19.6 Å². The number of ether oxygens (including phenoxy) is 1. The summed E-state index contributed by atoms with van der Waals surface area (Å²) >= 11 is 0. The van der Waals surface area contributed by atoms with E-state index in [-0.39, 0.29) is 18.6 Å². The van der Waals surface area contributed by atoms with Gasteiger partial charge in [0.05, 0.1) is 6.04 Å². The molecule has 0 aromatic heterocycles. The van der Waals surface area contributed by atoms with Crippen LogP contribution in [0.2, 0.25) is 0 Å². The molecule has 0 N–H and O–H groups in total. The van der Waals surface area contributed by atoms with Crippen LogP contribution >= 0.6 is 0 Å². The van der Waals surface area contributed by atoms with Crippen molar-refractivity contribution in [3.8, 4) is 0 Å². The predicted molar refractivity (Wildman–Crippen MR) is 80.7 cm³/mol. The Morgan fingerprint density at radius 2 is 1.60 bits per heavy atom. The number of methoxy groups -OCH3 is 1. The van der Waals surface area contributed by atoms with E-state index in [4.69, 9.17) is 4.74 Å². The summed E-state index contributed by atoms with van der Waals surface area (Å²) < 4.78 is 5.00. The highest BCUT2D eigenvalue weighted by atomic mass is 16.5. The molecule has 104 valence electrons. The van der Waals surface area contributed by atoms with Crippen LogP contribution in [0.15, 0.2) is 60.7 Å². The summed E-state index contributed by atoms with van der Waals surface area (Å²) in [7, 11) is 1.54. The predicted octanol–water partition coefficient (Wildman–Crippen LogP) is 3.43.